The van der Waals surface area contributed by atoms with E-state index >= 15 is 0 Å². The molecule has 0 aliphatic rings. The van der Waals surface area contributed by atoms with Gasteiger partial charge < -0.3 is 10.3 Å². The van der Waals surface area contributed by atoms with E-state index in [0.29, 0.717) is 5.95 Å². The maximum absolute atomic E-state index is 5.84. The number of rotatable bonds is 3. The van der Waals surface area contributed by atoms with Gasteiger partial charge in [-0.2, -0.15) is 0 Å². The normalized spacial score (nSPS) is 12.3. The molecule has 0 bridgehead atoms. The average molecular weight is 230 g/mol. The van der Waals surface area contributed by atoms with Crippen LogP contribution >= 0.6 is 0 Å². The summed E-state index contributed by atoms with van der Waals surface area (Å²) in [6.07, 6.45) is 5.98. The maximum Gasteiger partial charge on any atom is 0.200 e. The molecule has 0 radical (unpaired) electrons. The van der Waals surface area contributed by atoms with E-state index in [9.17, 15) is 0 Å². The van der Waals surface area contributed by atoms with Crippen molar-refractivity contribution >= 4 is 22.6 Å². The van der Waals surface area contributed by atoms with Crippen molar-refractivity contribution in [2.45, 2.75) is 26.7 Å². The summed E-state index contributed by atoms with van der Waals surface area (Å²) in [5.74, 6) is 0.529. The lowest BCUT2D eigenvalue weighted by Gasteiger charge is -2.07. The van der Waals surface area contributed by atoms with Gasteiger partial charge in [-0.3, -0.25) is 4.98 Å². The number of nitrogen functional groups attached to an aromatic ring is 1. The minimum Gasteiger partial charge on any atom is -0.369 e. The number of allylic oxidation sites excluding steroid dienone is 2. The Bertz CT molecular complexity index is 566. The van der Waals surface area contributed by atoms with Crippen LogP contribution in [-0.2, 0) is 7.05 Å². The fraction of sp³-hybridized carbons (Fsp3) is 0.385. The number of hydrogen-bond acceptors (Lipinski definition) is 3. The zero-order valence-corrected chi connectivity index (χ0v) is 10.6. The summed E-state index contributed by atoms with van der Waals surface area (Å²) >= 11 is 0. The average Bonchev–Trinajstić information content (AvgIpc) is 2.62. The van der Waals surface area contributed by atoms with Gasteiger partial charge in [-0.05, 0) is 24.5 Å². The van der Waals surface area contributed by atoms with Crippen LogP contribution in [0.2, 0.25) is 0 Å². The van der Waals surface area contributed by atoms with Crippen molar-refractivity contribution in [3.8, 4) is 0 Å². The van der Waals surface area contributed by atoms with Crippen molar-refractivity contribution in [2.75, 3.05) is 5.73 Å². The summed E-state index contributed by atoms with van der Waals surface area (Å²) in [5, 5.41) is 0. The number of pyridine rings is 1. The second-order valence-electron chi connectivity index (χ2n) is 4.05. The second-order valence-corrected chi connectivity index (χ2v) is 4.05. The van der Waals surface area contributed by atoms with Crippen molar-refractivity contribution in [2.24, 2.45) is 7.05 Å². The molecule has 0 fully saturated rings. The van der Waals surface area contributed by atoms with E-state index in [1.165, 1.54) is 5.57 Å². The number of nitrogens with two attached hydrogens (primary N) is 1. The Kier molecular flexibility index (Phi) is 3.13. The minimum absolute atomic E-state index is 0.529. The van der Waals surface area contributed by atoms with Gasteiger partial charge in [0.15, 0.2) is 0 Å². The Morgan fingerprint density at radius 1 is 1.47 bits per heavy atom. The number of aromatic nitrogens is 3. The van der Waals surface area contributed by atoms with Gasteiger partial charge in [-0.25, -0.2) is 4.98 Å². The van der Waals surface area contributed by atoms with E-state index < -0.39 is 0 Å². The van der Waals surface area contributed by atoms with Gasteiger partial charge in [-0.15, -0.1) is 0 Å². The highest BCUT2D eigenvalue weighted by molar-refractivity contribution is 5.88. The van der Waals surface area contributed by atoms with Crippen LogP contribution in [0.3, 0.4) is 0 Å². The molecule has 0 amide bonds. The van der Waals surface area contributed by atoms with E-state index in [1.54, 1.807) is 6.20 Å². The van der Waals surface area contributed by atoms with Gasteiger partial charge in [0.1, 0.15) is 0 Å². The first-order chi connectivity index (χ1) is 8.19. The van der Waals surface area contributed by atoms with Gasteiger partial charge in [0.2, 0.25) is 5.95 Å². The maximum atomic E-state index is 5.84. The molecule has 0 unspecified atom stereocenters. The van der Waals surface area contributed by atoms with Crippen LogP contribution in [0.1, 0.15) is 32.4 Å². The van der Waals surface area contributed by atoms with Crippen LogP contribution in [0.25, 0.3) is 16.6 Å². The first-order valence-corrected chi connectivity index (χ1v) is 5.95. The van der Waals surface area contributed by atoms with Gasteiger partial charge in [0.05, 0.1) is 16.7 Å². The lowest BCUT2D eigenvalue weighted by molar-refractivity contribution is 0.957. The topological polar surface area (TPSA) is 56.7 Å². The van der Waals surface area contributed by atoms with Gasteiger partial charge in [0.25, 0.3) is 0 Å². The van der Waals surface area contributed by atoms with E-state index in [0.717, 1.165) is 29.6 Å². The molecule has 2 heterocycles. The number of nitrogens with zero attached hydrogens (tertiary/aromatic N) is 3. The number of imidazole rings is 1. The molecular weight excluding hydrogens is 212 g/mol. The van der Waals surface area contributed by atoms with E-state index in [1.807, 2.05) is 17.7 Å². The summed E-state index contributed by atoms with van der Waals surface area (Å²) in [5.41, 5.74) is 10.0. The molecule has 0 saturated heterocycles. The first-order valence-electron chi connectivity index (χ1n) is 5.95. The largest absolute Gasteiger partial charge is 0.369 e. The number of fused-ring (bicyclic) bond motifs is 1. The van der Waals surface area contributed by atoms with Gasteiger partial charge in [-0.1, -0.05) is 19.9 Å². The second kappa shape index (κ2) is 4.57. The van der Waals surface area contributed by atoms with Crippen LogP contribution in [0.15, 0.2) is 18.3 Å². The van der Waals surface area contributed by atoms with Crippen molar-refractivity contribution in [1.82, 2.24) is 14.5 Å². The summed E-state index contributed by atoms with van der Waals surface area (Å²) in [6.45, 7) is 4.27. The highest BCUT2D eigenvalue weighted by atomic mass is 15.1. The van der Waals surface area contributed by atoms with Gasteiger partial charge >= 0.3 is 0 Å². The third kappa shape index (κ3) is 1.90. The molecule has 2 aromatic rings. The molecule has 90 valence electrons. The predicted octanol–water partition coefficient (Wildman–Crippen LogP) is 2.75. The van der Waals surface area contributed by atoms with Crippen molar-refractivity contribution < 1.29 is 0 Å². The van der Waals surface area contributed by atoms with E-state index in [2.05, 4.69) is 29.9 Å². The lowest BCUT2D eigenvalue weighted by Crippen LogP contribution is -1.99. The molecule has 0 atom stereocenters. The van der Waals surface area contributed by atoms with Crippen LogP contribution in [-0.4, -0.2) is 14.5 Å². The Labute approximate surface area is 101 Å². The third-order valence-electron chi connectivity index (χ3n) is 2.95. The molecule has 0 aromatic carbocycles. The number of hydrogen-bond donors (Lipinski definition) is 1. The highest BCUT2D eigenvalue weighted by Gasteiger charge is 2.12. The molecule has 2 rings (SSSR count). The predicted molar refractivity (Wildman–Crippen MR) is 71.5 cm³/mol. The lowest BCUT2D eigenvalue weighted by atomic mass is 10.1. The van der Waals surface area contributed by atoms with Crippen LogP contribution in [0.4, 0.5) is 5.95 Å². The van der Waals surface area contributed by atoms with E-state index in [-0.39, 0.29) is 0 Å². The monoisotopic (exact) mass is 230 g/mol. The molecule has 0 aliphatic carbocycles. The summed E-state index contributed by atoms with van der Waals surface area (Å²) in [4.78, 5) is 8.81. The molecule has 17 heavy (non-hydrogen) atoms. The summed E-state index contributed by atoms with van der Waals surface area (Å²) < 4.78 is 1.90. The SMILES string of the molecule is CC/C=C(\CC)c1nccc2nc(N)n(C)c12. The minimum atomic E-state index is 0.529. The molecule has 0 spiro atoms. The van der Waals surface area contributed by atoms with Crippen molar-refractivity contribution in [3.63, 3.8) is 0 Å². The quantitative estimate of drug-likeness (QED) is 0.882. The van der Waals surface area contributed by atoms with Crippen molar-refractivity contribution in [1.29, 1.82) is 0 Å². The van der Waals surface area contributed by atoms with Crippen molar-refractivity contribution in [3.05, 3.63) is 24.0 Å². The molecule has 4 nitrogen and oxygen atoms in total. The molecule has 0 saturated carbocycles. The molecule has 2 aromatic heterocycles. The third-order valence-corrected chi connectivity index (χ3v) is 2.95. The zero-order chi connectivity index (χ0) is 12.4. The molecule has 0 aliphatic heterocycles. The van der Waals surface area contributed by atoms with E-state index in [4.69, 9.17) is 5.73 Å². The number of anilines is 1. The fourth-order valence-electron chi connectivity index (χ4n) is 2.07. The fourth-order valence-corrected chi connectivity index (χ4v) is 2.07. The first kappa shape index (κ1) is 11.6. The zero-order valence-electron chi connectivity index (χ0n) is 10.6. The van der Waals surface area contributed by atoms with Crippen LogP contribution in [0, 0.1) is 0 Å². The van der Waals surface area contributed by atoms with Crippen LogP contribution in [0.5, 0.6) is 0 Å². The Balaban J connectivity index is 2.73. The highest BCUT2D eigenvalue weighted by Crippen LogP contribution is 2.26. The van der Waals surface area contributed by atoms with Gasteiger partial charge in [0, 0.05) is 13.2 Å². The Morgan fingerprint density at radius 2 is 2.24 bits per heavy atom. The smallest absolute Gasteiger partial charge is 0.200 e. The molecule has 4 heteroatoms. The molecule has 2 N–H and O–H groups in total. The Hall–Kier alpha value is -1.84. The summed E-state index contributed by atoms with van der Waals surface area (Å²) in [7, 11) is 1.93. The molecular formula is C13H18N4. The number of aryl methyl sites for hydroxylation is 1. The Morgan fingerprint density at radius 3 is 2.88 bits per heavy atom. The van der Waals surface area contributed by atoms with Crippen LogP contribution < -0.4 is 5.73 Å². The standard InChI is InChI=1S/C13H18N4/c1-4-6-9(5-2)11-12-10(7-8-15-11)16-13(14)17(12)3/h6-8H,4-5H2,1-3H3,(H2,14,16)/b9-6+. The summed E-state index contributed by atoms with van der Waals surface area (Å²) in [6, 6.07) is 1.90.